The highest BCUT2D eigenvalue weighted by Gasteiger charge is 2.40. The highest BCUT2D eigenvalue weighted by atomic mass is 16.2. The van der Waals surface area contributed by atoms with Crippen LogP contribution in [0.2, 0.25) is 0 Å². The van der Waals surface area contributed by atoms with Gasteiger partial charge in [-0.25, -0.2) is 0 Å². The lowest BCUT2D eigenvalue weighted by Gasteiger charge is -2.22. The van der Waals surface area contributed by atoms with Gasteiger partial charge >= 0.3 is 0 Å². The summed E-state index contributed by atoms with van der Waals surface area (Å²) in [5.74, 6) is 0.617. The summed E-state index contributed by atoms with van der Waals surface area (Å²) < 4.78 is 0. The summed E-state index contributed by atoms with van der Waals surface area (Å²) in [5.41, 5.74) is 2.62. The number of hydrogen-bond acceptors (Lipinski definition) is 3. The van der Waals surface area contributed by atoms with Gasteiger partial charge in [-0.1, -0.05) is 26.0 Å². The third-order valence-electron chi connectivity index (χ3n) is 5.08. The van der Waals surface area contributed by atoms with Crippen LogP contribution in [0.15, 0.2) is 24.3 Å². The first-order valence-electron chi connectivity index (χ1n) is 8.39. The first-order chi connectivity index (χ1) is 10.6. The molecule has 1 aromatic carbocycles. The van der Waals surface area contributed by atoms with E-state index in [0.29, 0.717) is 17.9 Å². The Hall–Kier alpha value is -1.39. The molecular weight excluding hydrogens is 274 g/mol. The van der Waals surface area contributed by atoms with Crippen molar-refractivity contribution in [2.24, 2.45) is 5.41 Å². The average Bonchev–Trinajstić information content (AvgIpc) is 3.10. The van der Waals surface area contributed by atoms with Crippen molar-refractivity contribution in [3.8, 4) is 0 Å². The Kier molecular flexibility index (Phi) is 4.50. The smallest absolute Gasteiger partial charge is 0.238 e. The number of nitrogens with zero attached hydrogens (tertiary/aromatic N) is 1. The molecule has 1 amide bonds. The quantitative estimate of drug-likeness (QED) is 0.898. The molecule has 0 aromatic heterocycles. The second-order valence-corrected chi connectivity index (χ2v) is 7.21. The molecule has 22 heavy (non-hydrogen) atoms. The normalized spacial score (nSPS) is 25.2. The van der Waals surface area contributed by atoms with Crippen LogP contribution >= 0.6 is 0 Å². The number of carbonyl (C=O) groups excluding carboxylic acids is 1. The van der Waals surface area contributed by atoms with Gasteiger partial charge in [0.2, 0.25) is 5.91 Å². The van der Waals surface area contributed by atoms with Gasteiger partial charge in [-0.15, -0.1) is 0 Å². The SMILES string of the molecule is CC(C)c1ccc(NC(=O)CN2CCC3(CCNC3)C2)cc1. The molecule has 4 nitrogen and oxygen atoms in total. The number of likely N-dealkylation sites (tertiary alicyclic amines) is 1. The largest absolute Gasteiger partial charge is 0.325 e. The molecule has 3 rings (SSSR count). The number of benzene rings is 1. The number of anilines is 1. The van der Waals surface area contributed by atoms with Crippen LogP contribution in [0.4, 0.5) is 5.69 Å². The molecular formula is C18H27N3O. The molecule has 120 valence electrons. The molecule has 0 radical (unpaired) electrons. The summed E-state index contributed by atoms with van der Waals surface area (Å²) in [6.07, 6.45) is 2.47. The fourth-order valence-corrected chi connectivity index (χ4v) is 3.66. The lowest BCUT2D eigenvalue weighted by molar-refractivity contribution is -0.117. The molecule has 2 saturated heterocycles. The van der Waals surface area contributed by atoms with Crippen molar-refractivity contribution in [2.75, 3.05) is 38.0 Å². The van der Waals surface area contributed by atoms with Gasteiger partial charge in [0.05, 0.1) is 6.54 Å². The number of amides is 1. The molecule has 0 bridgehead atoms. The van der Waals surface area contributed by atoms with Crippen LogP contribution < -0.4 is 10.6 Å². The number of hydrogen-bond donors (Lipinski definition) is 2. The van der Waals surface area contributed by atoms with Gasteiger partial charge in [-0.2, -0.15) is 0 Å². The summed E-state index contributed by atoms with van der Waals surface area (Å²) >= 11 is 0. The van der Waals surface area contributed by atoms with Crippen LogP contribution in [0.5, 0.6) is 0 Å². The van der Waals surface area contributed by atoms with Crippen LogP contribution in [0.25, 0.3) is 0 Å². The minimum Gasteiger partial charge on any atom is -0.325 e. The number of carbonyl (C=O) groups is 1. The van der Waals surface area contributed by atoms with Crippen molar-refractivity contribution in [2.45, 2.75) is 32.6 Å². The molecule has 1 aromatic rings. The van der Waals surface area contributed by atoms with E-state index < -0.39 is 0 Å². The standard InChI is InChI=1S/C18H27N3O/c1-14(2)15-3-5-16(6-4-15)20-17(22)11-21-10-8-18(13-21)7-9-19-12-18/h3-6,14,19H,7-13H2,1-2H3,(H,20,22). The van der Waals surface area contributed by atoms with Gasteiger partial charge in [-0.3, -0.25) is 9.69 Å². The molecule has 4 heteroatoms. The maximum Gasteiger partial charge on any atom is 0.238 e. The van der Waals surface area contributed by atoms with Crippen molar-refractivity contribution in [1.82, 2.24) is 10.2 Å². The van der Waals surface area contributed by atoms with Crippen molar-refractivity contribution in [3.05, 3.63) is 29.8 Å². The molecule has 1 spiro atoms. The monoisotopic (exact) mass is 301 g/mol. The van der Waals surface area contributed by atoms with E-state index in [1.807, 2.05) is 12.1 Å². The van der Waals surface area contributed by atoms with E-state index in [1.54, 1.807) is 0 Å². The maximum absolute atomic E-state index is 12.2. The van der Waals surface area contributed by atoms with Crippen LogP contribution in [0.3, 0.4) is 0 Å². The second-order valence-electron chi connectivity index (χ2n) is 7.21. The fraction of sp³-hybridized carbons (Fsp3) is 0.611. The minimum absolute atomic E-state index is 0.0975. The van der Waals surface area contributed by atoms with Crippen LogP contribution in [-0.4, -0.2) is 43.5 Å². The summed E-state index contributed by atoms with van der Waals surface area (Å²) in [6.45, 7) is 9.20. The predicted octanol–water partition coefficient (Wildman–Crippen LogP) is 2.43. The third-order valence-corrected chi connectivity index (χ3v) is 5.08. The highest BCUT2D eigenvalue weighted by Crippen LogP contribution is 2.35. The zero-order valence-corrected chi connectivity index (χ0v) is 13.7. The van der Waals surface area contributed by atoms with Crippen LogP contribution in [-0.2, 0) is 4.79 Å². The summed E-state index contributed by atoms with van der Waals surface area (Å²) in [7, 11) is 0. The van der Waals surface area contributed by atoms with Gasteiger partial charge in [0.15, 0.2) is 0 Å². The number of rotatable bonds is 4. The Morgan fingerprint density at radius 2 is 2.09 bits per heavy atom. The highest BCUT2D eigenvalue weighted by molar-refractivity contribution is 5.92. The van der Waals surface area contributed by atoms with E-state index in [2.05, 4.69) is 41.5 Å². The Bertz CT molecular complexity index is 518. The maximum atomic E-state index is 12.2. The van der Waals surface area contributed by atoms with E-state index in [0.717, 1.165) is 31.9 Å². The fourth-order valence-electron chi connectivity index (χ4n) is 3.66. The lowest BCUT2D eigenvalue weighted by Crippen LogP contribution is -2.34. The Balaban J connectivity index is 1.50. The first-order valence-corrected chi connectivity index (χ1v) is 8.39. The number of nitrogens with one attached hydrogen (secondary N) is 2. The Morgan fingerprint density at radius 1 is 1.32 bits per heavy atom. The zero-order valence-electron chi connectivity index (χ0n) is 13.7. The molecule has 2 heterocycles. The molecule has 0 aliphatic carbocycles. The van der Waals surface area contributed by atoms with E-state index in [1.165, 1.54) is 18.4 Å². The van der Waals surface area contributed by atoms with Gasteiger partial charge in [0, 0.05) is 18.8 Å². The predicted molar refractivity (Wildman–Crippen MR) is 90.1 cm³/mol. The van der Waals surface area contributed by atoms with E-state index >= 15 is 0 Å². The topological polar surface area (TPSA) is 44.4 Å². The summed E-state index contributed by atoms with van der Waals surface area (Å²) in [5, 5.41) is 6.47. The summed E-state index contributed by atoms with van der Waals surface area (Å²) in [4.78, 5) is 14.5. The Labute approximate surface area is 133 Å². The van der Waals surface area contributed by atoms with Crippen molar-refractivity contribution >= 4 is 11.6 Å². The van der Waals surface area contributed by atoms with E-state index in [4.69, 9.17) is 0 Å². The zero-order chi connectivity index (χ0) is 15.6. The van der Waals surface area contributed by atoms with Crippen molar-refractivity contribution in [3.63, 3.8) is 0 Å². The lowest BCUT2D eigenvalue weighted by atomic mass is 9.87. The van der Waals surface area contributed by atoms with Crippen molar-refractivity contribution in [1.29, 1.82) is 0 Å². The van der Waals surface area contributed by atoms with Gasteiger partial charge in [0.1, 0.15) is 0 Å². The molecule has 1 atom stereocenters. The molecule has 2 aliphatic heterocycles. The van der Waals surface area contributed by atoms with Crippen LogP contribution in [0, 0.1) is 5.41 Å². The average molecular weight is 301 g/mol. The van der Waals surface area contributed by atoms with E-state index in [-0.39, 0.29) is 5.91 Å². The first kappa shape index (κ1) is 15.5. The van der Waals surface area contributed by atoms with Gasteiger partial charge in [-0.05, 0) is 55.0 Å². The van der Waals surface area contributed by atoms with Crippen molar-refractivity contribution < 1.29 is 4.79 Å². The third kappa shape index (κ3) is 3.50. The molecule has 2 fully saturated rings. The minimum atomic E-state index is 0.0975. The molecule has 1 unspecified atom stereocenters. The summed E-state index contributed by atoms with van der Waals surface area (Å²) in [6, 6.07) is 8.18. The molecule has 0 saturated carbocycles. The van der Waals surface area contributed by atoms with Crippen LogP contribution in [0.1, 0.15) is 38.2 Å². The van der Waals surface area contributed by atoms with Gasteiger partial charge in [0.25, 0.3) is 0 Å². The molecule has 2 N–H and O–H groups in total. The van der Waals surface area contributed by atoms with Gasteiger partial charge < -0.3 is 10.6 Å². The molecule has 2 aliphatic rings. The Morgan fingerprint density at radius 3 is 2.73 bits per heavy atom. The van der Waals surface area contributed by atoms with E-state index in [9.17, 15) is 4.79 Å². The second kappa shape index (κ2) is 6.39.